The fourth-order valence-corrected chi connectivity index (χ4v) is 5.99. The maximum Gasteiger partial charge on any atom is 0.284 e. The van der Waals surface area contributed by atoms with Crippen molar-refractivity contribution in [1.29, 1.82) is 0 Å². The zero-order valence-corrected chi connectivity index (χ0v) is 23.1. The van der Waals surface area contributed by atoms with E-state index in [0.29, 0.717) is 18.8 Å². The van der Waals surface area contributed by atoms with Crippen LogP contribution < -0.4 is 9.80 Å². The molecule has 4 rings (SSSR count). The summed E-state index contributed by atoms with van der Waals surface area (Å²) in [6.07, 6.45) is 4.49. The number of anilines is 2. The van der Waals surface area contributed by atoms with E-state index < -0.39 is 15.6 Å². The van der Waals surface area contributed by atoms with Gasteiger partial charge >= 0.3 is 0 Å². The molecule has 1 aliphatic rings. The van der Waals surface area contributed by atoms with Crippen molar-refractivity contribution in [3.05, 3.63) is 114 Å². The molecule has 0 saturated heterocycles. The van der Waals surface area contributed by atoms with Crippen molar-refractivity contribution in [3.8, 4) is 0 Å². The van der Waals surface area contributed by atoms with E-state index in [4.69, 9.17) is 0 Å². The van der Waals surface area contributed by atoms with Crippen LogP contribution in [0.2, 0.25) is 0 Å². The number of aryl methyl sites for hydroxylation is 2. The zero-order chi connectivity index (χ0) is 26.8. The van der Waals surface area contributed by atoms with Gasteiger partial charge in [0, 0.05) is 30.5 Å². The zero-order valence-electron chi connectivity index (χ0n) is 22.3. The van der Waals surface area contributed by atoms with Crippen LogP contribution in [0, 0.1) is 13.8 Å². The van der Waals surface area contributed by atoms with Gasteiger partial charge in [-0.2, -0.15) is 8.42 Å². The van der Waals surface area contributed by atoms with Crippen LogP contribution in [0.3, 0.4) is 0 Å². The first kappa shape index (κ1) is 26.4. The van der Waals surface area contributed by atoms with Crippen molar-refractivity contribution in [2.45, 2.75) is 44.6 Å². The molecule has 0 N–H and O–H groups in total. The first-order valence-corrected chi connectivity index (χ1v) is 13.9. The molecule has 0 bridgehead atoms. The van der Waals surface area contributed by atoms with E-state index in [2.05, 4.69) is 73.1 Å². The Kier molecular flexibility index (Phi) is 7.42. The van der Waals surface area contributed by atoms with Crippen LogP contribution in [-0.2, 0) is 15.6 Å². The SMILES string of the molecule is C=CCC1(N(CC=C(C)C)c2ccc(C)cc2)/C(=N/S(=O)(=O)c2ccc(C)cc2)N(C)c2ccccc21. The van der Waals surface area contributed by atoms with E-state index in [1.165, 1.54) is 5.57 Å². The van der Waals surface area contributed by atoms with Crippen molar-refractivity contribution in [2.24, 2.45) is 4.40 Å². The normalized spacial score (nSPS) is 18.0. The highest BCUT2D eigenvalue weighted by atomic mass is 32.2. The number of likely N-dealkylation sites (N-methyl/N-ethyl adjacent to an activating group) is 1. The Labute approximate surface area is 221 Å². The van der Waals surface area contributed by atoms with Crippen LogP contribution in [0.4, 0.5) is 11.4 Å². The smallest absolute Gasteiger partial charge is 0.284 e. The second kappa shape index (κ2) is 10.4. The molecule has 0 fully saturated rings. The van der Waals surface area contributed by atoms with Gasteiger partial charge in [-0.1, -0.05) is 71.3 Å². The highest BCUT2D eigenvalue weighted by Gasteiger charge is 2.52. The molecule has 6 heteroatoms. The minimum absolute atomic E-state index is 0.175. The van der Waals surface area contributed by atoms with E-state index in [1.54, 1.807) is 24.3 Å². The monoisotopic (exact) mass is 513 g/mol. The van der Waals surface area contributed by atoms with Crippen LogP contribution in [0.5, 0.6) is 0 Å². The number of hydrogen-bond acceptors (Lipinski definition) is 3. The number of fused-ring (bicyclic) bond motifs is 1. The quantitative estimate of drug-likeness (QED) is 0.311. The average molecular weight is 514 g/mol. The van der Waals surface area contributed by atoms with Crippen molar-refractivity contribution in [3.63, 3.8) is 0 Å². The summed E-state index contributed by atoms with van der Waals surface area (Å²) in [5.41, 5.74) is 5.35. The van der Waals surface area contributed by atoms with Gasteiger partial charge in [0.05, 0.1) is 4.90 Å². The molecule has 0 saturated carbocycles. The fourth-order valence-electron chi connectivity index (χ4n) is 4.91. The molecule has 192 valence electrons. The van der Waals surface area contributed by atoms with Crippen molar-refractivity contribution in [1.82, 2.24) is 0 Å². The minimum atomic E-state index is -3.98. The van der Waals surface area contributed by atoms with Gasteiger partial charge in [-0.3, -0.25) is 0 Å². The number of para-hydroxylation sites is 1. The third-order valence-electron chi connectivity index (χ3n) is 6.85. The van der Waals surface area contributed by atoms with Crippen LogP contribution in [0.15, 0.2) is 106 Å². The van der Waals surface area contributed by atoms with Gasteiger partial charge in [0.2, 0.25) is 0 Å². The van der Waals surface area contributed by atoms with Gasteiger partial charge < -0.3 is 9.80 Å². The third kappa shape index (κ3) is 4.98. The van der Waals surface area contributed by atoms with Crippen molar-refractivity contribution in [2.75, 3.05) is 23.4 Å². The Hall–Kier alpha value is -3.64. The van der Waals surface area contributed by atoms with Crippen LogP contribution in [0.25, 0.3) is 0 Å². The molecule has 3 aromatic rings. The maximum atomic E-state index is 13.7. The molecule has 3 aromatic carbocycles. The summed E-state index contributed by atoms with van der Waals surface area (Å²) in [7, 11) is -2.09. The molecular weight excluding hydrogens is 478 g/mol. The lowest BCUT2D eigenvalue weighted by atomic mass is 9.84. The maximum absolute atomic E-state index is 13.7. The molecule has 1 unspecified atom stereocenters. The number of rotatable bonds is 8. The number of benzene rings is 3. The number of nitrogens with zero attached hydrogens (tertiary/aromatic N) is 3. The summed E-state index contributed by atoms with van der Waals surface area (Å²) in [5.74, 6) is 0.455. The van der Waals surface area contributed by atoms with Gasteiger partial charge in [-0.25, -0.2) is 0 Å². The van der Waals surface area contributed by atoms with E-state index in [9.17, 15) is 8.42 Å². The largest absolute Gasteiger partial charge is 0.351 e. The van der Waals surface area contributed by atoms with Crippen LogP contribution >= 0.6 is 0 Å². The molecule has 0 spiro atoms. The molecule has 1 heterocycles. The highest BCUT2D eigenvalue weighted by molar-refractivity contribution is 7.90. The first-order valence-electron chi connectivity index (χ1n) is 12.4. The lowest BCUT2D eigenvalue weighted by molar-refractivity contribution is 0.557. The minimum Gasteiger partial charge on any atom is -0.351 e. The molecule has 1 atom stereocenters. The average Bonchev–Trinajstić information content (AvgIpc) is 3.09. The van der Waals surface area contributed by atoms with Gasteiger partial charge in [0.25, 0.3) is 10.0 Å². The molecule has 1 aliphatic heterocycles. The van der Waals surface area contributed by atoms with E-state index >= 15 is 0 Å². The summed E-state index contributed by atoms with van der Waals surface area (Å²) < 4.78 is 31.9. The standard InChI is InChI=1S/C31H35N3O2S/c1-7-21-31(34(22-20-23(2)3)26-16-12-24(4)13-17-26)28-10-8-9-11-29(28)33(6)30(31)32-37(35,36)27-18-14-25(5)15-19-27/h7-20H,1,21-22H2,2-6H3/b32-30-. The van der Waals surface area contributed by atoms with Gasteiger partial charge in [-0.15, -0.1) is 11.0 Å². The Morgan fingerprint density at radius 2 is 1.57 bits per heavy atom. The fraction of sp³-hybridized carbons (Fsp3) is 0.258. The molecule has 0 radical (unpaired) electrons. The van der Waals surface area contributed by atoms with E-state index in [1.807, 2.05) is 43.1 Å². The summed E-state index contributed by atoms with van der Waals surface area (Å²) in [4.78, 5) is 4.34. The summed E-state index contributed by atoms with van der Waals surface area (Å²) >= 11 is 0. The molecule has 0 amide bonds. The van der Waals surface area contributed by atoms with Gasteiger partial charge in [-0.05, 0) is 64.4 Å². The summed E-state index contributed by atoms with van der Waals surface area (Å²) in [6.45, 7) is 12.8. The Morgan fingerprint density at radius 3 is 2.16 bits per heavy atom. The van der Waals surface area contributed by atoms with Crippen molar-refractivity contribution < 1.29 is 8.42 Å². The van der Waals surface area contributed by atoms with Crippen molar-refractivity contribution >= 4 is 27.2 Å². The number of amidine groups is 1. The molecule has 0 aromatic heterocycles. The lowest BCUT2D eigenvalue weighted by Gasteiger charge is -2.43. The van der Waals surface area contributed by atoms with Gasteiger partial charge in [0.15, 0.2) is 5.84 Å². The summed E-state index contributed by atoms with van der Waals surface area (Å²) in [6, 6.07) is 23.2. The predicted octanol–water partition coefficient (Wildman–Crippen LogP) is 6.78. The molecular formula is C31H35N3O2S. The topological polar surface area (TPSA) is 53.0 Å². The second-order valence-electron chi connectivity index (χ2n) is 9.86. The molecule has 5 nitrogen and oxygen atoms in total. The van der Waals surface area contributed by atoms with Crippen LogP contribution in [-0.4, -0.2) is 27.8 Å². The highest BCUT2D eigenvalue weighted by Crippen LogP contribution is 2.48. The summed E-state index contributed by atoms with van der Waals surface area (Å²) in [5, 5.41) is 0. The molecule has 37 heavy (non-hydrogen) atoms. The molecule has 0 aliphatic carbocycles. The number of allylic oxidation sites excluding steroid dienone is 1. The number of sulfonamides is 1. The Bertz CT molecular complexity index is 1450. The van der Waals surface area contributed by atoms with Gasteiger partial charge in [0.1, 0.15) is 5.54 Å². The predicted molar refractivity (Wildman–Crippen MR) is 155 cm³/mol. The number of hydrogen-bond donors (Lipinski definition) is 0. The third-order valence-corrected chi connectivity index (χ3v) is 8.13. The lowest BCUT2D eigenvalue weighted by Crippen LogP contribution is -2.53. The first-order chi connectivity index (χ1) is 17.6. The Balaban J connectivity index is 2.04. The van der Waals surface area contributed by atoms with E-state index in [-0.39, 0.29) is 4.90 Å². The second-order valence-corrected chi connectivity index (χ2v) is 11.5. The van der Waals surface area contributed by atoms with Crippen LogP contribution in [0.1, 0.15) is 37.0 Å². The Morgan fingerprint density at radius 1 is 0.973 bits per heavy atom. The van der Waals surface area contributed by atoms with E-state index in [0.717, 1.165) is 28.1 Å².